The highest BCUT2D eigenvalue weighted by Crippen LogP contribution is 2.13. The second-order valence-electron chi connectivity index (χ2n) is 3.76. The zero-order valence-electron chi connectivity index (χ0n) is 10.0. The predicted octanol–water partition coefficient (Wildman–Crippen LogP) is 0.157. The molecule has 0 aromatic carbocycles. The monoisotopic (exact) mass is 227 g/mol. The number of aliphatic hydroxyl groups excluding tert-OH is 1. The van der Waals surface area contributed by atoms with Crippen molar-refractivity contribution in [3.05, 3.63) is 0 Å². The lowest BCUT2D eigenvalue weighted by Crippen LogP contribution is -2.51. The fourth-order valence-corrected chi connectivity index (χ4v) is 1.37. The molecule has 5 nitrogen and oxygen atoms in total. The summed E-state index contributed by atoms with van der Waals surface area (Å²) in [5.74, 6) is -0.144. The van der Waals surface area contributed by atoms with E-state index in [1.165, 1.54) is 0 Å². The third-order valence-electron chi connectivity index (χ3n) is 2.84. The number of nitrogens with zero attached hydrogens (tertiary/aromatic N) is 1. The zero-order chi connectivity index (χ0) is 12.4. The van der Waals surface area contributed by atoms with Gasteiger partial charge < -0.3 is 15.7 Å². The molecular weight excluding hydrogens is 206 g/mol. The molecule has 0 rings (SSSR count). The van der Waals surface area contributed by atoms with Crippen molar-refractivity contribution in [2.75, 3.05) is 19.7 Å². The van der Waals surface area contributed by atoms with E-state index in [0.29, 0.717) is 13.0 Å². The molecule has 16 heavy (non-hydrogen) atoms. The molecule has 0 aliphatic heterocycles. The van der Waals surface area contributed by atoms with Gasteiger partial charge in [-0.25, -0.2) is 0 Å². The smallest absolute Gasteiger partial charge is 0.234 e. The number of amides is 1. The molecule has 0 saturated carbocycles. The Balaban J connectivity index is 3.93. The second kappa shape index (κ2) is 8.08. The van der Waals surface area contributed by atoms with Crippen molar-refractivity contribution < 1.29 is 9.90 Å². The van der Waals surface area contributed by atoms with Gasteiger partial charge in [0, 0.05) is 12.1 Å². The van der Waals surface area contributed by atoms with Crippen LogP contribution in [0.25, 0.3) is 0 Å². The summed E-state index contributed by atoms with van der Waals surface area (Å²) >= 11 is 0. The highest BCUT2D eigenvalue weighted by atomic mass is 16.3. The van der Waals surface area contributed by atoms with Gasteiger partial charge >= 0.3 is 0 Å². The van der Waals surface area contributed by atoms with Gasteiger partial charge in [-0.2, -0.15) is 5.26 Å². The van der Waals surface area contributed by atoms with Crippen LogP contribution in [0.15, 0.2) is 0 Å². The lowest BCUT2D eigenvalue weighted by Gasteiger charge is -2.30. The molecule has 5 heteroatoms. The Morgan fingerprint density at radius 2 is 2.06 bits per heavy atom. The van der Waals surface area contributed by atoms with E-state index < -0.39 is 0 Å². The molecule has 3 N–H and O–H groups in total. The van der Waals surface area contributed by atoms with Crippen molar-refractivity contribution in [3.63, 3.8) is 0 Å². The highest BCUT2D eigenvalue weighted by molar-refractivity contribution is 5.78. The fraction of sp³-hybridized carbons (Fsp3) is 0.818. The number of nitrogens with one attached hydrogen (secondary N) is 2. The topological polar surface area (TPSA) is 85.2 Å². The van der Waals surface area contributed by atoms with E-state index in [2.05, 4.69) is 10.6 Å². The normalized spacial score (nSPS) is 10.9. The molecule has 0 saturated heterocycles. The Morgan fingerprint density at radius 1 is 1.44 bits per heavy atom. The van der Waals surface area contributed by atoms with Gasteiger partial charge in [-0.15, -0.1) is 0 Å². The van der Waals surface area contributed by atoms with Gasteiger partial charge in [0.15, 0.2) is 0 Å². The fourth-order valence-electron chi connectivity index (χ4n) is 1.37. The van der Waals surface area contributed by atoms with Crippen LogP contribution in [0.5, 0.6) is 0 Å². The van der Waals surface area contributed by atoms with E-state index >= 15 is 0 Å². The number of carbonyl (C=O) groups excluding carboxylic acids is 1. The van der Waals surface area contributed by atoms with Gasteiger partial charge in [-0.05, 0) is 12.8 Å². The van der Waals surface area contributed by atoms with Crippen LogP contribution in [0.3, 0.4) is 0 Å². The standard InChI is InChI=1S/C11H21N3O2/c1-3-11(4-2,9-15)14-8-10(16)13-7-5-6-12/h14-15H,3-5,7-9H2,1-2H3,(H,13,16). The van der Waals surface area contributed by atoms with Crippen LogP contribution in [0, 0.1) is 11.3 Å². The summed E-state index contributed by atoms with van der Waals surface area (Å²) in [5, 5.41) is 23.3. The van der Waals surface area contributed by atoms with Gasteiger partial charge in [-0.3, -0.25) is 4.79 Å². The van der Waals surface area contributed by atoms with Crippen molar-refractivity contribution in [1.29, 1.82) is 5.26 Å². The predicted molar refractivity (Wildman–Crippen MR) is 61.6 cm³/mol. The summed E-state index contributed by atoms with van der Waals surface area (Å²) in [6.45, 7) is 4.52. The number of hydrogen-bond donors (Lipinski definition) is 3. The number of carbonyl (C=O) groups is 1. The summed E-state index contributed by atoms with van der Waals surface area (Å²) in [7, 11) is 0. The quantitative estimate of drug-likeness (QED) is 0.516. The van der Waals surface area contributed by atoms with Crippen LogP contribution in [-0.2, 0) is 4.79 Å². The average Bonchev–Trinajstić information content (AvgIpc) is 2.32. The first-order valence-corrected chi connectivity index (χ1v) is 5.63. The molecular formula is C11H21N3O2. The Hall–Kier alpha value is -1.12. The molecule has 0 aromatic rings. The molecule has 0 bridgehead atoms. The molecule has 0 unspecified atom stereocenters. The van der Waals surface area contributed by atoms with Gasteiger partial charge in [0.2, 0.25) is 5.91 Å². The third kappa shape index (κ3) is 5.10. The summed E-state index contributed by atoms with van der Waals surface area (Å²) < 4.78 is 0. The Morgan fingerprint density at radius 3 is 2.50 bits per heavy atom. The number of rotatable bonds is 8. The maximum Gasteiger partial charge on any atom is 0.234 e. The SMILES string of the molecule is CCC(CC)(CO)NCC(=O)NCCC#N. The molecule has 0 fully saturated rings. The minimum absolute atomic E-state index is 0.0193. The first-order valence-electron chi connectivity index (χ1n) is 5.63. The summed E-state index contributed by atoms with van der Waals surface area (Å²) in [6.07, 6.45) is 1.86. The van der Waals surface area contributed by atoms with E-state index in [1.54, 1.807) is 0 Å². The largest absolute Gasteiger partial charge is 0.394 e. The van der Waals surface area contributed by atoms with Crippen LogP contribution >= 0.6 is 0 Å². The van der Waals surface area contributed by atoms with Gasteiger partial charge in [0.05, 0.1) is 25.6 Å². The van der Waals surface area contributed by atoms with E-state index in [1.807, 2.05) is 19.9 Å². The van der Waals surface area contributed by atoms with E-state index in [4.69, 9.17) is 5.26 Å². The maximum absolute atomic E-state index is 11.3. The molecule has 0 atom stereocenters. The van der Waals surface area contributed by atoms with Crippen molar-refractivity contribution in [1.82, 2.24) is 10.6 Å². The van der Waals surface area contributed by atoms with Crippen LogP contribution in [0.2, 0.25) is 0 Å². The van der Waals surface area contributed by atoms with Crippen molar-refractivity contribution >= 4 is 5.91 Å². The van der Waals surface area contributed by atoms with Crippen LogP contribution in [-0.4, -0.2) is 36.2 Å². The van der Waals surface area contributed by atoms with Crippen molar-refractivity contribution in [2.45, 2.75) is 38.6 Å². The van der Waals surface area contributed by atoms with Crippen molar-refractivity contribution in [2.24, 2.45) is 0 Å². The third-order valence-corrected chi connectivity index (χ3v) is 2.84. The molecule has 1 amide bonds. The van der Waals surface area contributed by atoms with E-state index in [-0.39, 0.29) is 24.6 Å². The minimum Gasteiger partial charge on any atom is -0.394 e. The van der Waals surface area contributed by atoms with E-state index in [0.717, 1.165) is 12.8 Å². The van der Waals surface area contributed by atoms with Crippen LogP contribution in [0.4, 0.5) is 0 Å². The second-order valence-corrected chi connectivity index (χ2v) is 3.76. The molecule has 0 aliphatic carbocycles. The van der Waals surface area contributed by atoms with Crippen LogP contribution < -0.4 is 10.6 Å². The molecule has 0 aromatic heterocycles. The van der Waals surface area contributed by atoms with Gasteiger partial charge in [0.25, 0.3) is 0 Å². The molecule has 0 spiro atoms. The van der Waals surface area contributed by atoms with Crippen molar-refractivity contribution in [3.8, 4) is 6.07 Å². The average molecular weight is 227 g/mol. The molecule has 92 valence electrons. The lowest BCUT2D eigenvalue weighted by atomic mass is 9.94. The number of aliphatic hydroxyl groups is 1. The molecule has 0 aliphatic rings. The minimum atomic E-state index is -0.368. The van der Waals surface area contributed by atoms with Gasteiger partial charge in [0.1, 0.15) is 0 Å². The van der Waals surface area contributed by atoms with E-state index in [9.17, 15) is 9.90 Å². The Kier molecular flexibility index (Phi) is 7.52. The summed E-state index contributed by atoms with van der Waals surface area (Å²) in [4.78, 5) is 11.3. The van der Waals surface area contributed by atoms with Gasteiger partial charge in [-0.1, -0.05) is 13.8 Å². The maximum atomic E-state index is 11.3. The summed E-state index contributed by atoms with van der Waals surface area (Å²) in [6, 6.07) is 1.95. The number of hydrogen-bond acceptors (Lipinski definition) is 4. The van der Waals surface area contributed by atoms with Crippen LogP contribution in [0.1, 0.15) is 33.1 Å². The zero-order valence-corrected chi connectivity index (χ0v) is 10.0. The highest BCUT2D eigenvalue weighted by Gasteiger charge is 2.24. The lowest BCUT2D eigenvalue weighted by molar-refractivity contribution is -0.120. The molecule has 0 heterocycles. The molecule has 0 radical (unpaired) electrons. The summed E-state index contributed by atoms with van der Waals surface area (Å²) in [5.41, 5.74) is -0.368. The first-order chi connectivity index (χ1) is 7.64. The first kappa shape index (κ1) is 14.9. The Labute approximate surface area is 96.8 Å². The number of nitriles is 1. The Bertz CT molecular complexity index is 236.